The molecular formula is C28H31N3O2. The second-order valence-electron chi connectivity index (χ2n) is 9.29. The molecule has 33 heavy (non-hydrogen) atoms. The van der Waals surface area contributed by atoms with Crippen molar-refractivity contribution in [1.82, 2.24) is 10.3 Å². The van der Waals surface area contributed by atoms with Crippen molar-refractivity contribution >= 4 is 17.3 Å². The molecule has 170 valence electrons. The van der Waals surface area contributed by atoms with Crippen LogP contribution in [0.5, 0.6) is 0 Å². The van der Waals surface area contributed by atoms with Gasteiger partial charge in [-0.1, -0.05) is 24.6 Å². The summed E-state index contributed by atoms with van der Waals surface area (Å²) in [6.45, 7) is 0.930. The zero-order chi connectivity index (χ0) is 22.8. The second-order valence-corrected chi connectivity index (χ2v) is 9.29. The molecule has 1 fully saturated rings. The highest BCUT2D eigenvalue weighted by atomic mass is 16.4. The van der Waals surface area contributed by atoms with Crippen LogP contribution in [0.25, 0.3) is 0 Å². The van der Waals surface area contributed by atoms with Gasteiger partial charge < -0.3 is 15.3 Å². The predicted molar refractivity (Wildman–Crippen MR) is 132 cm³/mol. The van der Waals surface area contributed by atoms with Gasteiger partial charge in [0.2, 0.25) is 0 Å². The summed E-state index contributed by atoms with van der Waals surface area (Å²) in [7, 11) is 2.13. The molecule has 0 radical (unpaired) electrons. The first-order chi connectivity index (χ1) is 16.1. The second kappa shape index (κ2) is 9.36. The van der Waals surface area contributed by atoms with E-state index in [4.69, 9.17) is 0 Å². The van der Waals surface area contributed by atoms with Crippen LogP contribution in [0.2, 0.25) is 0 Å². The number of carbonyl (C=O) groups is 1. The monoisotopic (exact) mass is 441 g/mol. The van der Waals surface area contributed by atoms with E-state index in [-0.39, 0.29) is 6.04 Å². The third-order valence-electron chi connectivity index (χ3n) is 7.37. The molecule has 0 saturated heterocycles. The maximum Gasteiger partial charge on any atom is 0.336 e. The molecule has 2 aromatic carbocycles. The van der Waals surface area contributed by atoms with E-state index in [1.165, 1.54) is 47.3 Å². The number of carboxylic acid groups (broad SMARTS) is 1. The first-order valence-corrected chi connectivity index (χ1v) is 12.0. The van der Waals surface area contributed by atoms with Crippen molar-refractivity contribution in [3.63, 3.8) is 0 Å². The van der Waals surface area contributed by atoms with Crippen molar-refractivity contribution in [3.05, 3.63) is 88.7 Å². The normalized spacial score (nSPS) is 17.8. The summed E-state index contributed by atoms with van der Waals surface area (Å²) in [6.07, 6.45) is 9.77. The lowest BCUT2D eigenvalue weighted by molar-refractivity contribution is 0.0695. The highest BCUT2D eigenvalue weighted by Crippen LogP contribution is 2.37. The Morgan fingerprint density at radius 1 is 1.12 bits per heavy atom. The van der Waals surface area contributed by atoms with Crippen molar-refractivity contribution in [2.45, 2.75) is 50.5 Å². The van der Waals surface area contributed by atoms with Gasteiger partial charge in [-0.3, -0.25) is 4.98 Å². The average Bonchev–Trinajstić information content (AvgIpc) is 2.81. The summed E-state index contributed by atoms with van der Waals surface area (Å²) in [5.74, 6) is -0.131. The molecule has 0 unspecified atom stereocenters. The Morgan fingerprint density at radius 3 is 2.64 bits per heavy atom. The quantitative estimate of drug-likeness (QED) is 0.497. The lowest BCUT2D eigenvalue weighted by Crippen LogP contribution is -2.30. The Balaban J connectivity index is 1.30. The smallest absolute Gasteiger partial charge is 0.336 e. The minimum Gasteiger partial charge on any atom is -0.478 e. The van der Waals surface area contributed by atoms with E-state index < -0.39 is 5.97 Å². The topological polar surface area (TPSA) is 65.5 Å². The molecule has 1 atom stereocenters. The predicted octanol–water partition coefficient (Wildman–Crippen LogP) is 5.63. The molecule has 2 heterocycles. The van der Waals surface area contributed by atoms with Crippen LogP contribution in [0.3, 0.4) is 0 Å². The number of anilines is 2. The standard InChI is InChI=1S/C28H31N3O2/c1-31(23-8-5-20(6-9-23)19-3-2-4-19)24-10-11-25-21(17-24)13-16-30-27(25)12-7-22-18-29-15-14-26(22)28(32)33/h5-6,8-11,14-15,17-19,27,30H,2-4,7,12-13,16H2,1H3,(H,32,33)/t27-/m0/s1. The lowest BCUT2D eigenvalue weighted by atomic mass is 9.80. The first-order valence-electron chi connectivity index (χ1n) is 12.0. The van der Waals surface area contributed by atoms with Gasteiger partial charge in [-0.05, 0) is 97.2 Å². The van der Waals surface area contributed by atoms with E-state index in [9.17, 15) is 9.90 Å². The number of aromatic nitrogens is 1. The number of pyridine rings is 1. The highest BCUT2D eigenvalue weighted by molar-refractivity contribution is 5.89. The van der Waals surface area contributed by atoms with Gasteiger partial charge in [-0.15, -0.1) is 0 Å². The van der Waals surface area contributed by atoms with Gasteiger partial charge in [0.1, 0.15) is 0 Å². The molecule has 2 aliphatic rings. The van der Waals surface area contributed by atoms with E-state index in [0.29, 0.717) is 12.0 Å². The Morgan fingerprint density at radius 2 is 1.91 bits per heavy atom. The van der Waals surface area contributed by atoms with Crippen LogP contribution in [0.15, 0.2) is 60.9 Å². The molecule has 5 rings (SSSR count). The molecule has 5 nitrogen and oxygen atoms in total. The number of aryl methyl sites for hydroxylation is 1. The van der Waals surface area contributed by atoms with Crippen molar-refractivity contribution < 1.29 is 9.90 Å². The SMILES string of the molecule is CN(c1ccc(C2CCC2)cc1)c1ccc2c(c1)CCN[C@H]2CCc1cnccc1C(=O)O. The number of carboxylic acids is 1. The molecule has 0 spiro atoms. The largest absolute Gasteiger partial charge is 0.478 e. The lowest BCUT2D eigenvalue weighted by Gasteiger charge is -2.30. The highest BCUT2D eigenvalue weighted by Gasteiger charge is 2.22. The number of benzene rings is 2. The van der Waals surface area contributed by atoms with Crippen molar-refractivity contribution in [1.29, 1.82) is 0 Å². The number of hydrogen-bond acceptors (Lipinski definition) is 4. The molecule has 3 aromatic rings. The van der Waals surface area contributed by atoms with Gasteiger partial charge >= 0.3 is 5.97 Å². The number of aromatic carboxylic acids is 1. The van der Waals surface area contributed by atoms with Gasteiger partial charge in [0, 0.05) is 36.9 Å². The number of nitrogens with zero attached hydrogens (tertiary/aromatic N) is 2. The maximum atomic E-state index is 11.5. The third-order valence-corrected chi connectivity index (χ3v) is 7.37. The molecule has 1 saturated carbocycles. The summed E-state index contributed by atoms with van der Waals surface area (Å²) < 4.78 is 0. The van der Waals surface area contributed by atoms with E-state index in [1.54, 1.807) is 18.5 Å². The van der Waals surface area contributed by atoms with E-state index in [0.717, 1.165) is 30.9 Å². The zero-order valence-corrected chi connectivity index (χ0v) is 19.1. The zero-order valence-electron chi connectivity index (χ0n) is 19.1. The molecule has 1 aromatic heterocycles. The Hall–Kier alpha value is -3.18. The van der Waals surface area contributed by atoms with Crippen LogP contribution in [0.1, 0.15) is 70.3 Å². The van der Waals surface area contributed by atoms with Gasteiger partial charge in [0.05, 0.1) is 5.56 Å². The van der Waals surface area contributed by atoms with Gasteiger partial charge in [0.15, 0.2) is 0 Å². The molecule has 5 heteroatoms. The van der Waals surface area contributed by atoms with E-state index >= 15 is 0 Å². The summed E-state index contributed by atoms with van der Waals surface area (Å²) in [4.78, 5) is 17.9. The fourth-order valence-electron chi connectivity index (χ4n) is 5.10. The summed E-state index contributed by atoms with van der Waals surface area (Å²) in [5, 5.41) is 13.1. The van der Waals surface area contributed by atoms with Gasteiger partial charge in [-0.25, -0.2) is 4.79 Å². The Labute approximate surface area is 195 Å². The number of rotatable bonds is 7. The van der Waals surface area contributed by atoms with Gasteiger partial charge in [0.25, 0.3) is 0 Å². The fraction of sp³-hybridized carbons (Fsp3) is 0.357. The van der Waals surface area contributed by atoms with E-state index in [2.05, 4.69) is 64.7 Å². The molecular weight excluding hydrogens is 410 g/mol. The van der Waals surface area contributed by atoms with Crippen LogP contribution >= 0.6 is 0 Å². The molecule has 2 N–H and O–H groups in total. The molecule has 0 amide bonds. The third kappa shape index (κ3) is 4.51. The Bertz CT molecular complexity index is 1140. The number of hydrogen-bond donors (Lipinski definition) is 2. The fourth-order valence-corrected chi connectivity index (χ4v) is 5.10. The van der Waals surface area contributed by atoms with Crippen LogP contribution < -0.4 is 10.2 Å². The van der Waals surface area contributed by atoms with Crippen LogP contribution in [0, 0.1) is 0 Å². The summed E-state index contributed by atoms with van der Waals surface area (Å²) in [6, 6.07) is 17.6. The van der Waals surface area contributed by atoms with Crippen molar-refractivity contribution in [2.24, 2.45) is 0 Å². The first kappa shape index (κ1) is 21.7. The number of fused-ring (bicyclic) bond motifs is 1. The minimum absolute atomic E-state index is 0.219. The van der Waals surface area contributed by atoms with Crippen LogP contribution in [-0.2, 0) is 12.8 Å². The maximum absolute atomic E-state index is 11.5. The van der Waals surface area contributed by atoms with Gasteiger partial charge in [-0.2, -0.15) is 0 Å². The average molecular weight is 442 g/mol. The van der Waals surface area contributed by atoms with Crippen molar-refractivity contribution in [3.8, 4) is 0 Å². The summed E-state index contributed by atoms with van der Waals surface area (Å²) >= 11 is 0. The molecule has 1 aliphatic carbocycles. The molecule has 0 bridgehead atoms. The Kier molecular flexibility index (Phi) is 6.14. The molecule has 1 aliphatic heterocycles. The van der Waals surface area contributed by atoms with Crippen molar-refractivity contribution in [2.75, 3.05) is 18.5 Å². The van der Waals surface area contributed by atoms with Crippen LogP contribution in [-0.4, -0.2) is 29.7 Å². The number of nitrogens with one attached hydrogen (secondary N) is 1. The summed E-state index contributed by atoms with van der Waals surface area (Å²) in [5.41, 5.74) is 7.71. The minimum atomic E-state index is -0.891. The van der Waals surface area contributed by atoms with E-state index in [1.807, 2.05) is 0 Å². The van der Waals surface area contributed by atoms with Crippen LogP contribution in [0.4, 0.5) is 11.4 Å².